The van der Waals surface area contributed by atoms with E-state index in [-0.39, 0.29) is 0 Å². The molecule has 2 heterocycles. The first-order valence-corrected chi connectivity index (χ1v) is 25.4. The molecule has 14 aromatic carbocycles. The van der Waals surface area contributed by atoms with Gasteiger partial charge in [-0.15, -0.1) is 0 Å². The van der Waals surface area contributed by atoms with Crippen molar-refractivity contribution in [3.05, 3.63) is 255 Å². The Bertz CT molecular complexity index is 4720. The normalized spacial score (nSPS) is 12.1. The van der Waals surface area contributed by atoms with Crippen molar-refractivity contribution >= 4 is 97.5 Å². The van der Waals surface area contributed by atoms with Crippen molar-refractivity contribution in [2.24, 2.45) is 0 Å². The lowest BCUT2D eigenvalue weighted by molar-refractivity contribution is 1.11. The highest BCUT2D eigenvalue weighted by molar-refractivity contribution is 6.32. The van der Waals surface area contributed by atoms with Gasteiger partial charge in [0.2, 0.25) is 0 Å². The minimum Gasteiger partial charge on any atom is -0.292 e. The van der Waals surface area contributed by atoms with Crippen LogP contribution in [0.15, 0.2) is 255 Å². The van der Waals surface area contributed by atoms with Crippen molar-refractivity contribution in [2.75, 3.05) is 0 Å². The predicted molar refractivity (Wildman–Crippen MR) is 311 cm³/mol. The van der Waals surface area contributed by atoms with Gasteiger partial charge in [0, 0.05) is 21.9 Å². The third-order valence-electron chi connectivity index (χ3n) is 15.6. The van der Waals surface area contributed by atoms with E-state index < -0.39 is 0 Å². The summed E-state index contributed by atoms with van der Waals surface area (Å²) in [4.78, 5) is 10.7. The number of fused-ring (bicyclic) bond motifs is 6. The van der Waals surface area contributed by atoms with E-state index >= 15 is 0 Å². The van der Waals surface area contributed by atoms with Crippen LogP contribution < -0.4 is 0 Å². The Morgan fingerprint density at radius 1 is 0.257 bits per heavy atom. The van der Waals surface area contributed by atoms with Crippen molar-refractivity contribution in [3.8, 4) is 56.4 Å². The Labute approximate surface area is 425 Å². The number of nitrogens with zero attached hydrogens (tertiary/aromatic N) is 4. The van der Waals surface area contributed by atoms with Gasteiger partial charge in [-0.25, -0.2) is 9.97 Å². The first-order chi connectivity index (χ1) is 36.7. The zero-order valence-corrected chi connectivity index (χ0v) is 40.0. The van der Waals surface area contributed by atoms with E-state index in [2.05, 4.69) is 264 Å². The lowest BCUT2D eigenvalue weighted by Crippen LogP contribution is -2.02. The van der Waals surface area contributed by atoms with Crippen molar-refractivity contribution < 1.29 is 0 Å². The van der Waals surface area contributed by atoms with E-state index in [4.69, 9.17) is 9.97 Å². The number of imidazole rings is 2. The van der Waals surface area contributed by atoms with Crippen molar-refractivity contribution in [1.29, 1.82) is 0 Å². The maximum atomic E-state index is 5.37. The van der Waals surface area contributed by atoms with Gasteiger partial charge in [0.05, 0.1) is 33.4 Å². The molecule has 0 spiro atoms. The van der Waals surface area contributed by atoms with Gasteiger partial charge in [0.15, 0.2) is 0 Å². The zero-order valence-electron chi connectivity index (χ0n) is 40.0. The van der Waals surface area contributed by atoms with Gasteiger partial charge >= 0.3 is 0 Å². The fourth-order valence-corrected chi connectivity index (χ4v) is 12.6. The molecule has 342 valence electrons. The van der Waals surface area contributed by atoms with Gasteiger partial charge in [-0.3, -0.25) is 9.13 Å². The van der Waals surface area contributed by atoms with Crippen LogP contribution in [0.5, 0.6) is 0 Å². The molecule has 74 heavy (non-hydrogen) atoms. The quantitative estimate of drug-likeness (QED) is 0.123. The average Bonchev–Trinajstić information content (AvgIpc) is 4.09. The summed E-state index contributed by atoms with van der Waals surface area (Å²) >= 11 is 0. The van der Waals surface area contributed by atoms with E-state index in [0.29, 0.717) is 0 Å². The molecular formula is C70H42N4. The van der Waals surface area contributed by atoms with E-state index in [1.807, 2.05) is 0 Å². The molecule has 0 saturated carbocycles. The number of para-hydroxylation sites is 4. The Hall–Kier alpha value is -9.90. The molecule has 0 N–H and O–H groups in total. The Morgan fingerprint density at radius 2 is 0.649 bits per heavy atom. The maximum absolute atomic E-state index is 5.37. The molecule has 0 bridgehead atoms. The predicted octanol–water partition coefficient (Wildman–Crippen LogP) is 18.5. The highest BCUT2D eigenvalue weighted by atomic mass is 15.1. The molecule has 0 aliphatic heterocycles. The monoisotopic (exact) mass is 938 g/mol. The number of hydrogen-bond donors (Lipinski definition) is 0. The van der Waals surface area contributed by atoms with Crippen LogP contribution in [0.25, 0.3) is 154 Å². The molecule has 4 nitrogen and oxygen atoms in total. The van der Waals surface area contributed by atoms with Crippen LogP contribution in [0.1, 0.15) is 0 Å². The first-order valence-electron chi connectivity index (χ1n) is 25.4. The Morgan fingerprint density at radius 3 is 1.19 bits per heavy atom. The SMILES string of the molecule is c1ccc(-c2nc3ccccc3n2-c2cccc3c(-c4c5ccccc5c(-c5cc6cccc7ccc8cccc5c8c76)c5ccccc45)c4cccc(-n5c(-c6ccccc6)nc6ccccc65)c4cc23)cc1. The second-order valence-corrected chi connectivity index (χ2v) is 19.6. The van der Waals surface area contributed by atoms with Crippen LogP contribution in [-0.2, 0) is 0 Å². The number of aromatic nitrogens is 4. The molecule has 0 fully saturated rings. The minimum atomic E-state index is 0.898. The van der Waals surface area contributed by atoms with E-state index in [1.165, 1.54) is 76.1 Å². The smallest absolute Gasteiger partial charge is 0.145 e. The maximum Gasteiger partial charge on any atom is 0.145 e. The summed E-state index contributed by atoms with van der Waals surface area (Å²) in [5.74, 6) is 1.80. The van der Waals surface area contributed by atoms with Crippen LogP contribution >= 0.6 is 0 Å². The summed E-state index contributed by atoms with van der Waals surface area (Å²) in [6.45, 7) is 0. The Kier molecular flexibility index (Phi) is 8.71. The van der Waals surface area contributed by atoms with Crippen LogP contribution in [0, 0.1) is 0 Å². The third-order valence-corrected chi connectivity index (χ3v) is 15.6. The van der Waals surface area contributed by atoms with Crippen LogP contribution in [0.2, 0.25) is 0 Å². The van der Waals surface area contributed by atoms with Gasteiger partial charge in [-0.1, -0.05) is 206 Å². The second-order valence-electron chi connectivity index (χ2n) is 19.6. The van der Waals surface area contributed by atoms with E-state index in [9.17, 15) is 0 Å². The third kappa shape index (κ3) is 5.85. The summed E-state index contributed by atoms with van der Waals surface area (Å²) in [7, 11) is 0. The van der Waals surface area contributed by atoms with Crippen molar-refractivity contribution in [1.82, 2.24) is 19.1 Å². The zero-order chi connectivity index (χ0) is 48.4. The fraction of sp³-hybridized carbons (Fsp3) is 0. The number of benzene rings is 14. The standard InChI is InChI=1S/C70H42N4/c1-3-19-45(20-4-1)69-71-58-33-11-13-35-62(58)73(69)60-37-17-31-52-55(60)42-56-53(32-18-38-61(56)74-63-36-14-12-34-59(63)72-70(74)46-21-5-2-6-22-46)68(52)67-50-28-9-7-26-48(50)66(49-27-8-10-29-51(49)67)57-41-47-25-15-23-43-39-40-44-24-16-30-54(57)65(44)64(43)47/h1-42H. The number of rotatable bonds is 6. The number of hydrogen-bond acceptors (Lipinski definition) is 2. The van der Waals surface area contributed by atoms with Crippen molar-refractivity contribution in [2.45, 2.75) is 0 Å². The molecule has 0 unspecified atom stereocenters. The van der Waals surface area contributed by atoms with Crippen molar-refractivity contribution in [3.63, 3.8) is 0 Å². The molecule has 0 aliphatic carbocycles. The summed E-state index contributed by atoms with van der Waals surface area (Å²) in [5, 5.41) is 17.1. The van der Waals surface area contributed by atoms with Crippen LogP contribution in [-0.4, -0.2) is 19.1 Å². The summed E-state index contributed by atoms with van der Waals surface area (Å²) in [5.41, 5.74) is 13.1. The molecule has 0 amide bonds. The molecule has 0 atom stereocenters. The van der Waals surface area contributed by atoms with E-state index in [0.717, 1.165) is 77.8 Å². The summed E-state index contributed by atoms with van der Waals surface area (Å²) in [6, 6.07) is 93.2. The van der Waals surface area contributed by atoms with Gasteiger partial charge in [0.1, 0.15) is 11.6 Å². The highest BCUT2D eigenvalue weighted by Gasteiger charge is 2.26. The topological polar surface area (TPSA) is 35.6 Å². The molecule has 0 aliphatic rings. The Balaban J connectivity index is 1.09. The summed E-state index contributed by atoms with van der Waals surface area (Å²) in [6.07, 6.45) is 0. The molecule has 0 radical (unpaired) electrons. The molecular weight excluding hydrogens is 897 g/mol. The second kappa shape index (κ2) is 15.8. The largest absolute Gasteiger partial charge is 0.292 e. The van der Waals surface area contributed by atoms with Crippen LogP contribution in [0.3, 0.4) is 0 Å². The van der Waals surface area contributed by atoms with E-state index in [1.54, 1.807) is 0 Å². The molecule has 2 aromatic heterocycles. The van der Waals surface area contributed by atoms with Gasteiger partial charge in [-0.2, -0.15) is 0 Å². The minimum absolute atomic E-state index is 0.898. The summed E-state index contributed by atoms with van der Waals surface area (Å²) < 4.78 is 4.75. The lowest BCUT2D eigenvalue weighted by atomic mass is 9.81. The van der Waals surface area contributed by atoms with Crippen LogP contribution in [0.4, 0.5) is 0 Å². The lowest BCUT2D eigenvalue weighted by Gasteiger charge is -2.23. The van der Waals surface area contributed by atoms with Gasteiger partial charge in [-0.05, 0) is 135 Å². The molecule has 16 rings (SSSR count). The molecule has 16 aromatic rings. The average molecular weight is 939 g/mol. The first kappa shape index (κ1) is 40.8. The van der Waals surface area contributed by atoms with Gasteiger partial charge < -0.3 is 0 Å². The fourth-order valence-electron chi connectivity index (χ4n) is 12.6. The highest BCUT2D eigenvalue weighted by Crippen LogP contribution is 2.51. The molecule has 4 heteroatoms. The molecule has 0 saturated heterocycles. The van der Waals surface area contributed by atoms with Gasteiger partial charge in [0.25, 0.3) is 0 Å².